The maximum atomic E-state index is 13.1. The zero-order valence-corrected chi connectivity index (χ0v) is 18.4. The van der Waals surface area contributed by atoms with Gasteiger partial charge in [0.05, 0.1) is 20.4 Å². The number of nitrogens with one attached hydrogen (secondary N) is 2. The van der Waals surface area contributed by atoms with Gasteiger partial charge in [0.1, 0.15) is 6.04 Å². The SMILES string of the molecule is O=C(NCc1ccc(S(=O)(=O)c2ccc(Cl)c(C(F)(F)F)c2)cc1)C1Cc2cnccc2N1. The summed E-state index contributed by atoms with van der Waals surface area (Å²) in [6, 6.07) is 9.38. The molecule has 0 aliphatic carbocycles. The number of carbonyl (C=O) groups is 1. The van der Waals surface area contributed by atoms with Gasteiger partial charge in [0.2, 0.25) is 15.7 Å². The van der Waals surface area contributed by atoms with Crippen molar-refractivity contribution in [3.05, 3.63) is 82.6 Å². The van der Waals surface area contributed by atoms with Crippen LogP contribution in [0, 0.1) is 0 Å². The van der Waals surface area contributed by atoms with Crippen molar-refractivity contribution < 1.29 is 26.4 Å². The molecule has 1 aliphatic rings. The number of benzene rings is 2. The van der Waals surface area contributed by atoms with Gasteiger partial charge in [0.25, 0.3) is 0 Å². The standard InChI is InChI=1S/C22H17ClF3N3O3S/c23-18-6-5-16(10-17(18)22(24,25)26)33(31,32)15-3-1-13(2-4-15)11-28-21(30)20-9-14-12-27-8-7-19(14)29-20/h1-8,10,12,20,29H,9,11H2,(H,28,30). The molecule has 1 aliphatic heterocycles. The first kappa shape index (κ1) is 23.1. The lowest BCUT2D eigenvalue weighted by molar-refractivity contribution is -0.137. The number of pyridine rings is 1. The van der Waals surface area contributed by atoms with E-state index < -0.39 is 37.5 Å². The number of hydrogen-bond acceptors (Lipinski definition) is 5. The van der Waals surface area contributed by atoms with Crippen molar-refractivity contribution >= 4 is 33.0 Å². The van der Waals surface area contributed by atoms with E-state index in [1.165, 1.54) is 24.3 Å². The Balaban J connectivity index is 1.44. The third-order valence-electron chi connectivity index (χ3n) is 5.23. The minimum absolute atomic E-state index is 0.158. The first-order valence-corrected chi connectivity index (χ1v) is 11.6. The number of sulfone groups is 1. The van der Waals surface area contributed by atoms with E-state index >= 15 is 0 Å². The number of amides is 1. The Bertz CT molecular complexity index is 1290. The Morgan fingerprint density at radius 3 is 2.48 bits per heavy atom. The van der Waals surface area contributed by atoms with Crippen LogP contribution >= 0.6 is 11.6 Å². The largest absolute Gasteiger partial charge is 0.417 e. The number of nitrogens with zero attached hydrogens (tertiary/aromatic N) is 1. The molecule has 1 atom stereocenters. The van der Waals surface area contributed by atoms with Crippen LogP contribution in [0.5, 0.6) is 0 Å². The molecule has 1 unspecified atom stereocenters. The van der Waals surface area contributed by atoms with E-state index in [1.807, 2.05) is 0 Å². The highest BCUT2D eigenvalue weighted by Crippen LogP contribution is 2.37. The molecule has 33 heavy (non-hydrogen) atoms. The van der Waals surface area contributed by atoms with Gasteiger partial charge in [-0.2, -0.15) is 13.2 Å². The van der Waals surface area contributed by atoms with E-state index in [9.17, 15) is 26.4 Å². The molecule has 4 rings (SSSR count). The van der Waals surface area contributed by atoms with Crippen LogP contribution in [0.4, 0.5) is 18.9 Å². The summed E-state index contributed by atoms with van der Waals surface area (Å²) < 4.78 is 64.9. The number of anilines is 1. The maximum Gasteiger partial charge on any atom is 0.417 e. The Morgan fingerprint density at radius 1 is 1.12 bits per heavy atom. The Morgan fingerprint density at radius 2 is 1.82 bits per heavy atom. The molecule has 0 spiro atoms. The van der Waals surface area contributed by atoms with E-state index in [2.05, 4.69) is 15.6 Å². The second-order valence-corrected chi connectivity index (χ2v) is 9.80. The highest BCUT2D eigenvalue weighted by molar-refractivity contribution is 7.91. The number of fused-ring (bicyclic) bond motifs is 1. The molecular weight excluding hydrogens is 479 g/mol. The van der Waals surface area contributed by atoms with Crippen LogP contribution in [-0.2, 0) is 33.8 Å². The van der Waals surface area contributed by atoms with Gasteiger partial charge in [-0.05, 0) is 47.5 Å². The summed E-state index contributed by atoms with van der Waals surface area (Å²) in [4.78, 5) is 15.8. The molecule has 0 bridgehead atoms. The summed E-state index contributed by atoms with van der Waals surface area (Å²) in [6.45, 7) is 0.158. The molecule has 11 heteroatoms. The fourth-order valence-corrected chi connectivity index (χ4v) is 4.98. The van der Waals surface area contributed by atoms with Crippen molar-refractivity contribution in [1.29, 1.82) is 0 Å². The highest BCUT2D eigenvalue weighted by Gasteiger charge is 2.34. The summed E-state index contributed by atoms with van der Waals surface area (Å²) in [7, 11) is -4.19. The first-order chi connectivity index (χ1) is 15.6. The molecule has 6 nitrogen and oxygen atoms in total. The molecular formula is C22H17ClF3N3O3S. The summed E-state index contributed by atoms with van der Waals surface area (Å²) in [5, 5.41) is 5.32. The van der Waals surface area contributed by atoms with Gasteiger partial charge in [0, 0.05) is 31.0 Å². The van der Waals surface area contributed by atoms with Crippen LogP contribution < -0.4 is 10.6 Å². The molecule has 2 N–H and O–H groups in total. The third kappa shape index (κ3) is 4.81. The molecule has 1 aromatic heterocycles. The van der Waals surface area contributed by atoms with Crippen molar-refractivity contribution in [3.63, 3.8) is 0 Å². The Kier molecular flexibility index (Phi) is 6.06. The van der Waals surface area contributed by atoms with E-state index in [4.69, 9.17) is 11.6 Å². The second kappa shape index (κ2) is 8.68. The van der Waals surface area contributed by atoms with Gasteiger partial charge in [-0.1, -0.05) is 23.7 Å². The normalized spacial score (nSPS) is 15.6. The lowest BCUT2D eigenvalue weighted by atomic mass is 10.1. The predicted molar refractivity (Wildman–Crippen MR) is 116 cm³/mol. The van der Waals surface area contributed by atoms with Gasteiger partial charge in [-0.25, -0.2) is 8.42 Å². The topological polar surface area (TPSA) is 88.2 Å². The van der Waals surface area contributed by atoms with Gasteiger partial charge in [-0.15, -0.1) is 0 Å². The molecule has 1 amide bonds. The molecule has 2 heterocycles. The van der Waals surface area contributed by atoms with E-state index in [-0.39, 0.29) is 17.3 Å². The lowest BCUT2D eigenvalue weighted by Crippen LogP contribution is -2.38. The van der Waals surface area contributed by atoms with Crippen LogP contribution in [0.1, 0.15) is 16.7 Å². The molecule has 172 valence electrons. The van der Waals surface area contributed by atoms with Crippen molar-refractivity contribution in [2.24, 2.45) is 0 Å². The minimum atomic E-state index is -4.78. The van der Waals surface area contributed by atoms with E-state index in [1.54, 1.807) is 18.5 Å². The highest BCUT2D eigenvalue weighted by atomic mass is 35.5. The smallest absolute Gasteiger partial charge is 0.373 e. The number of halogens is 4. The second-order valence-electron chi connectivity index (χ2n) is 7.44. The summed E-state index contributed by atoms with van der Waals surface area (Å²) in [6.07, 6.45) is -0.938. The van der Waals surface area contributed by atoms with Crippen LogP contribution in [0.15, 0.2) is 70.7 Å². The molecule has 0 saturated carbocycles. The first-order valence-electron chi connectivity index (χ1n) is 9.73. The molecule has 0 fully saturated rings. The lowest BCUT2D eigenvalue weighted by Gasteiger charge is -2.13. The molecule has 2 aromatic carbocycles. The van der Waals surface area contributed by atoms with Crippen LogP contribution in [0.2, 0.25) is 5.02 Å². The zero-order chi connectivity index (χ0) is 23.8. The number of carbonyl (C=O) groups excluding carboxylic acids is 1. The number of aromatic nitrogens is 1. The number of rotatable bonds is 5. The molecule has 3 aromatic rings. The quantitative estimate of drug-likeness (QED) is 0.553. The number of alkyl halides is 3. The average Bonchev–Trinajstić information content (AvgIpc) is 3.21. The predicted octanol–water partition coefficient (Wildman–Crippen LogP) is 4.24. The van der Waals surface area contributed by atoms with Gasteiger partial charge >= 0.3 is 6.18 Å². The Labute approximate surface area is 192 Å². The van der Waals surface area contributed by atoms with Crippen molar-refractivity contribution in [2.45, 2.75) is 35.0 Å². The van der Waals surface area contributed by atoms with E-state index in [0.717, 1.165) is 23.4 Å². The van der Waals surface area contributed by atoms with Crippen molar-refractivity contribution in [2.75, 3.05) is 5.32 Å². The van der Waals surface area contributed by atoms with E-state index in [0.29, 0.717) is 18.1 Å². The van der Waals surface area contributed by atoms with Gasteiger partial charge in [-0.3, -0.25) is 9.78 Å². The van der Waals surface area contributed by atoms with Crippen molar-refractivity contribution in [1.82, 2.24) is 10.3 Å². The van der Waals surface area contributed by atoms with Crippen molar-refractivity contribution in [3.8, 4) is 0 Å². The number of hydrogen-bond donors (Lipinski definition) is 2. The minimum Gasteiger partial charge on any atom is -0.373 e. The van der Waals surface area contributed by atoms with Crippen LogP contribution in [0.3, 0.4) is 0 Å². The Hall–Kier alpha value is -3.11. The van der Waals surface area contributed by atoms with Crippen LogP contribution in [0.25, 0.3) is 0 Å². The zero-order valence-electron chi connectivity index (χ0n) is 16.9. The molecule has 0 radical (unpaired) electrons. The summed E-state index contributed by atoms with van der Waals surface area (Å²) in [5.74, 6) is -0.219. The summed E-state index contributed by atoms with van der Waals surface area (Å²) in [5.41, 5.74) is 1.22. The van der Waals surface area contributed by atoms with Gasteiger partial charge < -0.3 is 10.6 Å². The summed E-state index contributed by atoms with van der Waals surface area (Å²) >= 11 is 5.57. The monoisotopic (exact) mass is 495 g/mol. The molecule has 0 saturated heterocycles. The third-order valence-corrected chi connectivity index (χ3v) is 7.32. The average molecular weight is 496 g/mol. The van der Waals surface area contributed by atoms with Gasteiger partial charge in [0.15, 0.2) is 0 Å². The fourth-order valence-electron chi connectivity index (χ4n) is 3.47. The fraction of sp³-hybridized carbons (Fsp3) is 0.182. The van der Waals surface area contributed by atoms with Crippen LogP contribution in [-0.4, -0.2) is 25.4 Å². The maximum absolute atomic E-state index is 13.1.